The fourth-order valence-corrected chi connectivity index (χ4v) is 3.81. The normalized spacial score (nSPS) is 11.7. The van der Waals surface area contributed by atoms with Crippen LogP contribution in [0.4, 0.5) is 11.4 Å². The van der Waals surface area contributed by atoms with Crippen LogP contribution in [0, 0.1) is 20.8 Å². The summed E-state index contributed by atoms with van der Waals surface area (Å²) < 4.78 is 27.7. The van der Waals surface area contributed by atoms with Crippen molar-refractivity contribution in [3.05, 3.63) is 89.5 Å². The van der Waals surface area contributed by atoms with Gasteiger partial charge in [-0.25, -0.2) is 17.7 Å². The fourth-order valence-electron chi connectivity index (χ4n) is 2.53. The van der Waals surface area contributed by atoms with Crippen molar-refractivity contribution in [2.75, 3.05) is 4.31 Å². The van der Waals surface area contributed by atoms with Crippen LogP contribution < -0.4 is 4.31 Å². The first-order valence-corrected chi connectivity index (χ1v) is 10.1. The van der Waals surface area contributed by atoms with Crippen molar-refractivity contribution >= 4 is 27.7 Å². The highest BCUT2D eigenvalue weighted by molar-refractivity contribution is 7.93. The zero-order chi connectivity index (χ0) is 19.4. The van der Waals surface area contributed by atoms with Crippen LogP contribution in [0.15, 0.2) is 82.7 Å². The third kappa shape index (κ3) is 4.44. The molecule has 0 saturated heterocycles. The van der Waals surface area contributed by atoms with Gasteiger partial charge in [0.1, 0.15) is 6.34 Å². The molecule has 3 aromatic rings. The van der Waals surface area contributed by atoms with Gasteiger partial charge in [-0.1, -0.05) is 53.1 Å². The molecule has 4 nitrogen and oxygen atoms in total. The second-order valence-corrected chi connectivity index (χ2v) is 8.34. The van der Waals surface area contributed by atoms with Crippen LogP contribution in [0.5, 0.6) is 0 Å². The maximum atomic E-state index is 13.2. The molecule has 0 aliphatic rings. The van der Waals surface area contributed by atoms with E-state index in [4.69, 9.17) is 0 Å². The SMILES string of the molecule is Cc1ccc(N=CN(c2ccc(C)cc2)S(=O)(=O)c2ccc(C)cc2)cc1. The highest BCUT2D eigenvalue weighted by Crippen LogP contribution is 2.24. The van der Waals surface area contributed by atoms with Gasteiger partial charge in [-0.2, -0.15) is 0 Å². The molecule has 0 fully saturated rings. The van der Waals surface area contributed by atoms with E-state index >= 15 is 0 Å². The number of hydrogen-bond acceptors (Lipinski definition) is 3. The van der Waals surface area contributed by atoms with Gasteiger partial charge in [0.2, 0.25) is 0 Å². The van der Waals surface area contributed by atoms with Gasteiger partial charge >= 0.3 is 0 Å². The summed E-state index contributed by atoms with van der Waals surface area (Å²) in [6.45, 7) is 5.88. The molecule has 3 rings (SSSR count). The molecule has 3 aromatic carbocycles. The molecule has 0 spiro atoms. The first-order valence-electron chi connectivity index (χ1n) is 8.65. The number of benzene rings is 3. The molecule has 0 aliphatic carbocycles. The molecule has 138 valence electrons. The Hall–Kier alpha value is -2.92. The zero-order valence-electron chi connectivity index (χ0n) is 15.6. The molecule has 0 N–H and O–H groups in total. The van der Waals surface area contributed by atoms with Crippen molar-refractivity contribution < 1.29 is 8.42 Å². The van der Waals surface area contributed by atoms with Crippen molar-refractivity contribution in [2.45, 2.75) is 25.7 Å². The average Bonchev–Trinajstić information content (AvgIpc) is 2.65. The van der Waals surface area contributed by atoms with Gasteiger partial charge in [0.05, 0.1) is 16.3 Å². The molecule has 0 aromatic heterocycles. The number of nitrogens with zero attached hydrogens (tertiary/aromatic N) is 2. The summed E-state index contributed by atoms with van der Waals surface area (Å²) in [5.41, 5.74) is 4.41. The largest absolute Gasteiger partial charge is 0.269 e. The standard InChI is InChI=1S/C22H22N2O2S/c1-17-4-10-20(11-5-17)23-16-24(21-12-6-18(2)7-13-21)27(25,26)22-14-8-19(3)9-15-22/h4-16H,1-3H3. The average molecular weight is 378 g/mol. The van der Waals surface area contributed by atoms with Crippen LogP contribution in [0.3, 0.4) is 0 Å². The Morgan fingerprint density at radius 2 is 1.15 bits per heavy atom. The lowest BCUT2D eigenvalue weighted by Gasteiger charge is -2.20. The zero-order valence-corrected chi connectivity index (χ0v) is 16.4. The Balaban J connectivity index is 2.05. The van der Waals surface area contributed by atoms with Gasteiger partial charge in [0.15, 0.2) is 0 Å². The van der Waals surface area contributed by atoms with E-state index in [1.165, 1.54) is 10.6 Å². The first kappa shape index (κ1) is 18.9. The number of rotatable bonds is 5. The molecule has 0 heterocycles. The maximum absolute atomic E-state index is 13.2. The van der Waals surface area contributed by atoms with Crippen LogP contribution in [-0.4, -0.2) is 14.8 Å². The number of hydrogen-bond donors (Lipinski definition) is 0. The summed E-state index contributed by atoms with van der Waals surface area (Å²) in [6.07, 6.45) is 1.37. The second kappa shape index (κ2) is 7.76. The van der Waals surface area contributed by atoms with Crippen molar-refractivity contribution in [3.63, 3.8) is 0 Å². The lowest BCUT2D eigenvalue weighted by molar-refractivity contribution is 0.597. The molecule has 0 atom stereocenters. The van der Waals surface area contributed by atoms with Gasteiger partial charge in [0.25, 0.3) is 10.0 Å². The smallest absolute Gasteiger partial charge is 0.238 e. The van der Waals surface area contributed by atoms with E-state index in [1.54, 1.807) is 36.4 Å². The topological polar surface area (TPSA) is 49.7 Å². The Kier molecular flexibility index (Phi) is 5.42. The van der Waals surface area contributed by atoms with Crippen LogP contribution in [0.1, 0.15) is 16.7 Å². The summed E-state index contributed by atoms with van der Waals surface area (Å²) in [5, 5.41) is 0. The minimum Gasteiger partial charge on any atom is -0.238 e. The number of aryl methyl sites for hydroxylation is 3. The Labute approximate surface area is 160 Å². The van der Waals surface area contributed by atoms with E-state index in [2.05, 4.69) is 4.99 Å². The van der Waals surface area contributed by atoms with Gasteiger partial charge in [-0.05, 0) is 57.2 Å². The van der Waals surface area contributed by atoms with Crippen molar-refractivity contribution in [1.29, 1.82) is 0 Å². The summed E-state index contributed by atoms with van der Waals surface area (Å²) in [6, 6.07) is 21.7. The number of aliphatic imine (C=N–C) groups is 1. The van der Waals surface area contributed by atoms with E-state index in [-0.39, 0.29) is 4.90 Å². The highest BCUT2D eigenvalue weighted by atomic mass is 32.2. The Morgan fingerprint density at radius 3 is 1.67 bits per heavy atom. The molecular formula is C22H22N2O2S. The molecular weight excluding hydrogens is 356 g/mol. The van der Waals surface area contributed by atoms with Crippen molar-refractivity contribution in [3.8, 4) is 0 Å². The van der Waals surface area contributed by atoms with Crippen LogP contribution >= 0.6 is 0 Å². The second-order valence-electron chi connectivity index (χ2n) is 6.53. The molecule has 0 unspecified atom stereocenters. The molecule has 0 amide bonds. The quantitative estimate of drug-likeness (QED) is 0.454. The maximum Gasteiger partial charge on any atom is 0.269 e. The molecule has 27 heavy (non-hydrogen) atoms. The predicted octanol–water partition coefficient (Wildman–Crippen LogP) is 5.17. The lowest BCUT2D eigenvalue weighted by atomic mass is 10.2. The van der Waals surface area contributed by atoms with Crippen LogP contribution in [0.2, 0.25) is 0 Å². The van der Waals surface area contributed by atoms with E-state index in [0.29, 0.717) is 11.4 Å². The molecule has 0 radical (unpaired) electrons. The van der Waals surface area contributed by atoms with Crippen LogP contribution in [0.25, 0.3) is 0 Å². The van der Waals surface area contributed by atoms with E-state index in [1.807, 2.05) is 57.2 Å². The van der Waals surface area contributed by atoms with E-state index in [0.717, 1.165) is 16.7 Å². The van der Waals surface area contributed by atoms with E-state index in [9.17, 15) is 8.42 Å². The highest BCUT2D eigenvalue weighted by Gasteiger charge is 2.23. The summed E-state index contributed by atoms with van der Waals surface area (Å²) in [7, 11) is -3.78. The van der Waals surface area contributed by atoms with Crippen LogP contribution in [-0.2, 0) is 10.0 Å². The summed E-state index contributed by atoms with van der Waals surface area (Å²) in [4.78, 5) is 4.60. The van der Waals surface area contributed by atoms with Crippen molar-refractivity contribution in [2.24, 2.45) is 4.99 Å². The minimum absolute atomic E-state index is 0.226. The van der Waals surface area contributed by atoms with Gasteiger partial charge in [-0.3, -0.25) is 0 Å². The van der Waals surface area contributed by atoms with Gasteiger partial charge in [0, 0.05) is 0 Å². The minimum atomic E-state index is -3.78. The number of sulfonamides is 1. The molecule has 5 heteroatoms. The summed E-state index contributed by atoms with van der Waals surface area (Å²) >= 11 is 0. The van der Waals surface area contributed by atoms with Gasteiger partial charge < -0.3 is 0 Å². The van der Waals surface area contributed by atoms with E-state index < -0.39 is 10.0 Å². The lowest BCUT2D eigenvalue weighted by Crippen LogP contribution is -2.29. The molecule has 0 bridgehead atoms. The fraction of sp³-hybridized carbons (Fsp3) is 0.136. The Morgan fingerprint density at radius 1 is 0.704 bits per heavy atom. The number of anilines is 1. The first-order chi connectivity index (χ1) is 12.9. The third-order valence-electron chi connectivity index (χ3n) is 4.21. The van der Waals surface area contributed by atoms with Crippen molar-refractivity contribution in [1.82, 2.24) is 0 Å². The predicted molar refractivity (Wildman–Crippen MR) is 111 cm³/mol. The third-order valence-corrected chi connectivity index (χ3v) is 5.90. The van der Waals surface area contributed by atoms with Gasteiger partial charge in [-0.15, -0.1) is 0 Å². The monoisotopic (exact) mass is 378 g/mol. The molecule has 0 aliphatic heterocycles. The summed E-state index contributed by atoms with van der Waals surface area (Å²) in [5.74, 6) is 0. The Bertz CT molecular complexity index is 1040. The molecule has 0 saturated carbocycles.